The van der Waals surface area contributed by atoms with Crippen molar-refractivity contribution in [3.05, 3.63) is 76.5 Å². The number of nitrogens with zero attached hydrogens (tertiary/aromatic N) is 2. The zero-order valence-electron chi connectivity index (χ0n) is 23.5. The summed E-state index contributed by atoms with van der Waals surface area (Å²) in [6, 6.07) is 11.8. The third-order valence-electron chi connectivity index (χ3n) is 7.35. The fourth-order valence-electron chi connectivity index (χ4n) is 4.56. The average Bonchev–Trinajstić information content (AvgIpc) is 3.81. The zero-order valence-corrected chi connectivity index (χ0v) is 24.3. The van der Waals surface area contributed by atoms with Gasteiger partial charge in [0.1, 0.15) is 5.70 Å². The second-order valence-corrected chi connectivity index (χ2v) is 12.3. The minimum Gasteiger partial charge on any atom is -0.384 e. The molecule has 0 bridgehead atoms. The van der Waals surface area contributed by atoms with Crippen molar-refractivity contribution in [1.82, 2.24) is 19.8 Å². The molecule has 0 atom stereocenters. The first-order valence-electron chi connectivity index (χ1n) is 13.5. The van der Waals surface area contributed by atoms with Gasteiger partial charge in [0.05, 0.1) is 6.26 Å². The fraction of sp³-hybridized carbons (Fsp3) is 0.379. The minimum atomic E-state index is -3.28. The maximum absolute atomic E-state index is 13.0. The van der Waals surface area contributed by atoms with Crippen LogP contribution in [0, 0.1) is 18.3 Å². The molecule has 0 aromatic heterocycles. The van der Waals surface area contributed by atoms with E-state index in [9.17, 15) is 22.8 Å². The summed E-state index contributed by atoms with van der Waals surface area (Å²) >= 11 is 0. The van der Waals surface area contributed by atoms with Crippen molar-refractivity contribution in [2.75, 3.05) is 44.8 Å². The molecule has 41 heavy (non-hydrogen) atoms. The molecule has 3 amide bonds. The van der Waals surface area contributed by atoms with Crippen molar-refractivity contribution in [2.24, 2.45) is 5.92 Å². The fourth-order valence-corrected chi connectivity index (χ4v) is 5.39. The van der Waals surface area contributed by atoms with Gasteiger partial charge in [-0.3, -0.25) is 14.4 Å². The number of hydrogen-bond acceptors (Lipinski definition) is 7. The molecule has 1 aliphatic heterocycles. The van der Waals surface area contributed by atoms with Crippen LogP contribution in [0.2, 0.25) is 0 Å². The molecule has 4 N–H and O–H groups in total. The van der Waals surface area contributed by atoms with Gasteiger partial charge in [0.2, 0.25) is 10.0 Å². The summed E-state index contributed by atoms with van der Waals surface area (Å²) in [7, 11) is -1.63. The van der Waals surface area contributed by atoms with E-state index in [1.807, 2.05) is 13.0 Å². The topological polar surface area (TPSA) is 152 Å². The summed E-state index contributed by atoms with van der Waals surface area (Å²) < 4.78 is 24.8. The van der Waals surface area contributed by atoms with E-state index < -0.39 is 10.0 Å². The molecular weight excluding hydrogens is 544 g/mol. The molecule has 4 rings (SSSR count). The molecule has 2 aromatic carbocycles. The summed E-state index contributed by atoms with van der Waals surface area (Å²) in [5.74, 6) is -0.612. The van der Waals surface area contributed by atoms with Crippen LogP contribution in [0.25, 0.3) is 0 Å². The van der Waals surface area contributed by atoms with Crippen LogP contribution in [0.5, 0.6) is 0 Å². The van der Waals surface area contributed by atoms with Gasteiger partial charge in [-0.1, -0.05) is 12.1 Å². The summed E-state index contributed by atoms with van der Waals surface area (Å²) in [6.45, 7) is 3.23. The normalized spacial score (nSPS) is 16.2. The molecule has 1 heterocycles. The number of carbonyl (C=O) groups excluding carboxylic acids is 3. The van der Waals surface area contributed by atoms with E-state index in [0.29, 0.717) is 41.3 Å². The van der Waals surface area contributed by atoms with Gasteiger partial charge in [-0.05, 0) is 67.3 Å². The number of nitrogens with one attached hydrogen (secondary N) is 4. The Morgan fingerprint density at radius 2 is 1.63 bits per heavy atom. The summed E-state index contributed by atoms with van der Waals surface area (Å²) in [6.07, 6.45) is 4.71. The standard InChI is InChI=1S/C29H36N6O5S/c1-19-23(18-32-28(37)26(31-2)17-24(30)20-7-8-20)5-4-6-25(19)33-27(36)21-9-11-22(12-10-21)29(38)34-13-15-35(16-14-34)41(3,39)40/h4-6,9-12,17,20,30-31H,7-8,13-16,18H2,1-3H3,(H,32,37)(H,33,36)/b26-17-,30-24?. The van der Waals surface area contributed by atoms with Gasteiger partial charge < -0.3 is 26.3 Å². The predicted molar refractivity (Wildman–Crippen MR) is 157 cm³/mol. The second-order valence-electron chi connectivity index (χ2n) is 10.3. The van der Waals surface area contributed by atoms with Crippen LogP contribution in [0.1, 0.15) is 44.7 Å². The average molecular weight is 581 g/mol. The van der Waals surface area contributed by atoms with Gasteiger partial charge in [-0.15, -0.1) is 0 Å². The number of benzene rings is 2. The zero-order chi connectivity index (χ0) is 29.7. The van der Waals surface area contributed by atoms with Crippen LogP contribution >= 0.6 is 0 Å². The van der Waals surface area contributed by atoms with Gasteiger partial charge in [0, 0.05) is 68.2 Å². The number of carbonyl (C=O) groups is 3. The van der Waals surface area contributed by atoms with Crippen molar-refractivity contribution >= 4 is 39.1 Å². The molecule has 1 aliphatic carbocycles. The molecule has 1 saturated carbocycles. The number of hydrogen-bond donors (Lipinski definition) is 4. The first kappa shape index (κ1) is 29.9. The van der Waals surface area contributed by atoms with Gasteiger partial charge in [-0.25, -0.2) is 8.42 Å². The Labute approximate surface area is 240 Å². The number of anilines is 1. The highest BCUT2D eigenvalue weighted by atomic mass is 32.2. The molecule has 0 spiro atoms. The highest BCUT2D eigenvalue weighted by Crippen LogP contribution is 2.30. The number of rotatable bonds is 10. The maximum Gasteiger partial charge on any atom is 0.267 e. The van der Waals surface area contributed by atoms with Crippen molar-refractivity contribution in [3.63, 3.8) is 0 Å². The highest BCUT2D eigenvalue weighted by molar-refractivity contribution is 7.88. The molecular formula is C29H36N6O5S. The third kappa shape index (κ3) is 7.59. The van der Waals surface area contributed by atoms with Gasteiger partial charge in [0.25, 0.3) is 17.7 Å². The van der Waals surface area contributed by atoms with Crippen LogP contribution in [-0.2, 0) is 21.4 Å². The van der Waals surface area contributed by atoms with E-state index in [-0.39, 0.29) is 43.3 Å². The van der Waals surface area contributed by atoms with E-state index >= 15 is 0 Å². The largest absolute Gasteiger partial charge is 0.384 e. The van der Waals surface area contributed by atoms with Crippen molar-refractivity contribution in [2.45, 2.75) is 26.3 Å². The van der Waals surface area contributed by atoms with E-state index in [1.165, 1.54) is 4.31 Å². The van der Waals surface area contributed by atoms with Crippen LogP contribution in [0.3, 0.4) is 0 Å². The lowest BCUT2D eigenvalue weighted by molar-refractivity contribution is -0.118. The van der Waals surface area contributed by atoms with E-state index in [2.05, 4.69) is 16.0 Å². The number of allylic oxidation sites excluding steroid dienone is 1. The summed E-state index contributed by atoms with van der Waals surface area (Å²) in [5.41, 5.74) is 3.83. The molecule has 0 radical (unpaired) electrons. The lowest BCUT2D eigenvalue weighted by atomic mass is 10.1. The Morgan fingerprint density at radius 1 is 1.00 bits per heavy atom. The Bertz CT molecular complexity index is 1470. The van der Waals surface area contributed by atoms with Crippen LogP contribution in [-0.4, -0.2) is 80.5 Å². The third-order valence-corrected chi connectivity index (χ3v) is 8.66. The molecule has 12 heteroatoms. The van der Waals surface area contributed by atoms with Gasteiger partial charge in [-0.2, -0.15) is 4.31 Å². The van der Waals surface area contributed by atoms with E-state index in [1.54, 1.807) is 54.4 Å². The molecule has 2 aromatic rings. The Morgan fingerprint density at radius 3 is 2.22 bits per heavy atom. The molecule has 0 unspecified atom stereocenters. The maximum atomic E-state index is 13.0. The minimum absolute atomic E-state index is 0.212. The number of piperazine rings is 1. The van der Waals surface area contributed by atoms with Crippen molar-refractivity contribution in [1.29, 1.82) is 5.41 Å². The second kappa shape index (κ2) is 12.6. The van der Waals surface area contributed by atoms with Gasteiger partial charge in [0.15, 0.2) is 0 Å². The smallest absolute Gasteiger partial charge is 0.267 e. The highest BCUT2D eigenvalue weighted by Gasteiger charge is 2.27. The number of amides is 3. The lowest BCUT2D eigenvalue weighted by Crippen LogP contribution is -2.50. The molecule has 1 saturated heterocycles. The first-order valence-corrected chi connectivity index (χ1v) is 15.3. The predicted octanol–water partition coefficient (Wildman–Crippen LogP) is 2.11. The molecule has 2 fully saturated rings. The molecule has 11 nitrogen and oxygen atoms in total. The van der Waals surface area contributed by atoms with E-state index in [0.717, 1.165) is 30.2 Å². The first-order chi connectivity index (χ1) is 19.5. The summed E-state index contributed by atoms with van der Waals surface area (Å²) in [5, 5.41) is 16.7. The van der Waals surface area contributed by atoms with Crippen LogP contribution in [0.15, 0.2) is 54.2 Å². The SMILES string of the molecule is CN/C(=C\C(=N)C1CC1)C(=O)NCc1cccc(NC(=O)c2ccc(C(=O)N3CCN(S(C)(=O)=O)CC3)cc2)c1C. The quantitative estimate of drug-likeness (QED) is 0.250. The van der Waals surface area contributed by atoms with E-state index in [4.69, 9.17) is 5.41 Å². The van der Waals surface area contributed by atoms with Crippen LogP contribution < -0.4 is 16.0 Å². The Hall–Kier alpha value is -4.03. The van der Waals surface area contributed by atoms with Crippen molar-refractivity contribution in [3.8, 4) is 0 Å². The number of sulfonamides is 1. The molecule has 2 aliphatic rings. The monoisotopic (exact) mass is 580 g/mol. The van der Waals surface area contributed by atoms with Crippen molar-refractivity contribution < 1.29 is 22.8 Å². The lowest BCUT2D eigenvalue weighted by Gasteiger charge is -2.33. The Balaban J connectivity index is 1.34. The Kier molecular flexibility index (Phi) is 9.24. The van der Waals surface area contributed by atoms with Crippen LogP contribution in [0.4, 0.5) is 5.69 Å². The number of likely N-dealkylation sites (N-methyl/N-ethyl adjacent to an activating group) is 1. The summed E-state index contributed by atoms with van der Waals surface area (Å²) in [4.78, 5) is 40.1. The van der Waals surface area contributed by atoms with Gasteiger partial charge >= 0.3 is 0 Å². The molecule has 218 valence electrons.